The minimum atomic E-state index is 0.516. The molecule has 0 N–H and O–H groups in total. The number of piperidine rings is 3. The van der Waals surface area contributed by atoms with Gasteiger partial charge >= 0.3 is 0 Å². The van der Waals surface area contributed by atoms with Gasteiger partial charge in [0.1, 0.15) is 23.8 Å². The van der Waals surface area contributed by atoms with Gasteiger partial charge in [-0.2, -0.15) is 0 Å². The lowest BCUT2D eigenvalue weighted by molar-refractivity contribution is 0.0739. The van der Waals surface area contributed by atoms with Crippen molar-refractivity contribution in [2.75, 3.05) is 26.7 Å². The van der Waals surface area contributed by atoms with Gasteiger partial charge in [-0.1, -0.05) is 23.4 Å². The normalized spacial score (nSPS) is 22.7. The van der Waals surface area contributed by atoms with Gasteiger partial charge in [0.25, 0.3) is 0 Å². The summed E-state index contributed by atoms with van der Waals surface area (Å²) in [5.41, 5.74) is 2.96. The minimum Gasteiger partial charge on any atom is -0.497 e. The van der Waals surface area contributed by atoms with Gasteiger partial charge in [-0.05, 0) is 85.8 Å². The zero-order valence-electron chi connectivity index (χ0n) is 17.9. The molecule has 6 rings (SSSR count). The van der Waals surface area contributed by atoms with Crippen molar-refractivity contribution in [3.05, 3.63) is 72.0 Å². The van der Waals surface area contributed by atoms with Crippen molar-refractivity contribution >= 4 is 6.08 Å². The lowest BCUT2D eigenvalue weighted by Gasteiger charge is -2.43. The Bertz CT molecular complexity index is 1020. The summed E-state index contributed by atoms with van der Waals surface area (Å²) in [7, 11) is 1.67. The van der Waals surface area contributed by atoms with Gasteiger partial charge in [-0.15, -0.1) is 0 Å². The van der Waals surface area contributed by atoms with Crippen molar-refractivity contribution in [1.29, 1.82) is 0 Å². The topological polar surface area (TPSA) is 47.7 Å². The third-order valence-electron chi connectivity index (χ3n) is 6.46. The van der Waals surface area contributed by atoms with Crippen LogP contribution in [-0.4, -0.2) is 36.8 Å². The average molecular weight is 417 g/mol. The molecule has 0 amide bonds. The Hall–Kier alpha value is -3.05. The molecule has 3 aliphatic heterocycles. The van der Waals surface area contributed by atoms with Crippen LogP contribution in [0.3, 0.4) is 0 Å². The highest BCUT2D eigenvalue weighted by atomic mass is 16.5. The van der Waals surface area contributed by atoms with Crippen molar-refractivity contribution in [3.8, 4) is 22.8 Å². The van der Waals surface area contributed by atoms with Gasteiger partial charge in [0, 0.05) is 18.2 Å². The molecule has 3 aliphatic rings. The van der Waals surface area contributed by atoms with E-state index in [1.165, 1.54) is 32.5 Å². The number of hydrogen-bond donors (Lipinski definition) is 0. The molecule has 5 heteroatoms. The van der Waals surface area contributed by atoms with E-state index < -0.39 is 0 Å². The number of rotatable bonds is 7. The van der Waals surface area contributed by atoms with E-state index in [9.17, 15) is 0 Å². The lowest BCUT2D eigenvalue weighted by atomic mass is 9.79. The Balaban J connectivity index is 1.18. The van der Waals surface area contributed by atoms with Gasteiger partial charge < -0.3 is 18.9 Å². The summed E-state index contributed by atoms with van der Waals surface area (Å²) in [4.78, 5) is 2.57. The van der Waals surface area contributed by atoms with E-state index in [-0.39, 0.29) is 0 Å². The molecule has 1 atom stereocenters. The Labute approximate surface area is 183 Å². The second-order valence-corrected chi connectivity index (χ2v) is 8.44. The molecule has 0 radical (unpaired) electrons. The summed E-state index contributed by atoms with van der Waals surface area (Å²) in [6.07, 6.45) is 7.05. The molecular weight excluding hydrogens is 388 g/mol. The quantitative estimate of drug-likeness (QED) is 0.524. The molecule has 1 unspecified atom stereocenters. The monoisotopic (exact) mass is 416 g/mol. The molecular formula is C26H28N2O3. The van der Waals surface area contributed by atoms with Gasteiger partial charge in [-0.25, -0.2) is 0 Å². The third-order valence-corrected chi connectivity index (χ3v) is 6.46. The van der Waals surface area contributed by atoms with Crippen molar-refractivity contribution in [2.24, 2.45) is 11.8 Å². The molecule has 0 saturated carbocycles. The highest BCUT2D eigenvalue weighted by Gasteiger charge is 2.32. The molecule has 4 heterocycles. The molecule has 31 heavy (non-hydrogen) atoms. The van der Waals surface area contributed by atoms with Crippen LogP contribution in [0.5, 0.6) is 11.5 Å². The first-order chi connectivity index (χ1) is 15.3. The fourth-order valence-electron chi connectivity index (χ4n) is 4.56. The number of benzene rings is 2. The van der Waals surface area contributed by atoms with Crippen LogP contribution in [0.2, 0.25) is 0 Å². The van der Waals surface area contributed by atoms with Crippen molar-refractivity contribution in [1.82, 2.24) is 10.1 Å². The largest absolute Gasteiger partial charge is 0.497 e. The third kappa shape index (κ3) is 4.67. The van der Waals surface area contributed by atoms with Crippen LogP contribution in [0.15, 0.2) is 65.2 Å². The Morgan fingerprint density at radius 3 is 2.45 bits per heavy atom. The standard InChI is InChI=1S/C26H28N2O3/c1-29-23-7-2-19(3-8-23)18-30-24-9-4-21(5-10-24)26-16-25(31-27-26)11-6-22-17-28-14-12-20(22)13-15-28/h2-11,16,20,22H,12-15,17-18H2,1H3. The highest BCUT2D eigenvalue weighted by Crippen LogP contribution is 2.33. The Kier molecular flexibility index (Phi) is 5.76. The van der Waals surface area contributed by atoms with Crippen LogP contribution in [-0.2, 0) is 6.61 Å². The summed E-state index contributed by atoms with van der Waals surface area (Å²) in [5, 5.41) is 4.25. The van der Waals surface area contributed by atoms with Gasteiger partial charge in [0.05, 0.1) is 7.11 Å². The van der Waals surface area contributed by atoms with E-state index in [0.717, 1.165) is 40.0 Å². The van der Waals surface area contributed by atoms with Crippen molar-refractivity contribution < 1.29 is 14.0 Å². The fraction of sp³-hybridized carbons (Fsp3) is 0.346. The van der Waals surface area contributed by atoms with E-state index in [1.54, 1.807) is 7.11 Å². The van der Waals surface area contributed by atoms with Crippen LogP contribution in [0.1, 0.15) is 24.2 Å². The van der Waals surface area contributed by atoms with E-state index in [1.807, 2.05) is 54.6 Å². The SMILES string of the molecule is COc1ccc(COc2ccc(-c3cc(C=CC4CN5CCC4CC5)on3)cc2)cc1. The maximum Gasteiger partial charge on any atom is 0.159 e. The first kappa shape index (κ1) is 19.9. The molecule has 3 aromatic rings. The van der Waals surface area contributed by atoms with Gasteiger partial charge in [-0.3, -0.25) is 0 Å². The average Bonchev–Trinajstić information content (AvgIpc) is 3.32. The summed E-state index contributed by atoms with van der Waals surface area (Å²) >= 11 is 0. The minimum absolute atomic E-state index is 0.516. The molecule has 5 nitrogen and oxygen atoms in total. The maximum atomic E-state index is 5.89. The summed E-state index contributed by atoms with van der Waals surface area (Å²) < 4.78 is 16.6. The Morgan fingerprint density at radius 2 is 1.77 bits per heavy atom. The van der Waals surface area contributed by atoms with Gasteiger partial charge in [0.15, 0.2) is 5.76 Å². The molecule has 0 spiro atoms. The highest BCUT2D eigenvalue weighted by molar-refractivity contribution is 5.62. The van der Waals surface area contributed by atoms with E-state index in [0.29, 0.717) is 12.5 Å². The zero-order valence-corrected chi connectivity index (χ0v) is 17.9. The second kappa shape index (κ2) is 8.98. The smallest absolute Gasteiger partial charge is 0.159 e. The zero-order chi connectivity index (χ0) is 21.0. The molecule has 3 saturated heterocycles. The van der Waals surface area contributed by atoms with Crippen molar-refractivity contribution in [3.63, 3.8) is 0 Å². The molecule has 1 aromatic heterocycles. The van der Waals surface area contributed by atoms with E-state index in [2.05, 4.69) is 22.2 Å². The number of aromatic nitrogens is 1. The number of methoxy groups -OCH3 is 1. The van der Waals surface area contributed by atoms with Crippen molar-refractivity contribution in [2.45, 2.75) is 19.4 Å². The predicted octanol–water partition coefficient (Wildman–Crippen LogP) is 5.28. The molecule has 0 aliphatic carbocycles. The first-order valence-electron chi connectivity index (χ1n) is 11.0. The lowest BCUT2D eigenvalue weighted by Crippen LogP contribution is -2.46. The van der Waals surface area contributed by atoms with Crippen LogP contribution >= 0.6 is 0 Å². The summed E-state index contributed by atoms with van der Waals surface area (Å²) in [6.45, 7) is 4.23. The number of fused-ring (bicyclic) bond motifs is 3. The number of nitrogens with zero attached hydrogens (tertiary/aromatic N) is 2. The fourth-order valence-corrected chi connectivity index (χ4v) is 4.56. The molecule has 2 aromatic carbocycles. The van der Waals surface area contributed by atoms with E-state index in [4.69, 9.17) is 14.0 Å². The number of ether oxygens (including phenoxy) is 2. The second-order valence-electron chi connectivity index (χ2n) is 8.44. The number of hydrogen-bond acceptors (Lipinski definition) is 5. The van der Waals surface area contributed by atoms with Crippen LogP contribution < -0.4 is 9.47 Å². The molecule has 2 bridgehead atoms. The Morgan fingerprint density at radius 1 is 1.03 bits per heavy atom. The maximum absolute atomic E-state index is 5.89. The predicted molar refractivity (Wildman–Crippen MR) is 121 cm³/mol. The summed E-state index contributed by atoms with van der Waals surface area (Å²) in [5.74, 6) is 3.95. The van der Waals surface area contributed by atoms with Crippen LogP contribution in [0.4, 0.5) is 0 Å². The van der Waals surface area contributed by atoms with E-state index >= 15 is 0 Å². The molecule has 3 fully saturated rings. The molecule has 160 valence electrons. The van der Waals surface area contributed by atoms with Crippen LogP contribution in [0, 0.1) is 11.8 Å². The van der Waals surface area contributed by atoms with Crippen LogP contribution in [0.25, 0.3) is 17.3 Å². The summed E-state index contributed by atoms with van der Waals surface area (Å²) in [6, 6.07) is 17.9. The first-order valence-corrected chi connectivity index (χ1v) is 11.0. The van der Waals surface area contributed by atoms with Gasteiger partial charge in [0.2, 0.25) is 0 Å².